The molecule has 26 heavy (non-hydrogen) atoms. The van der Waals surface area contributed by atoms with E-state index in [2.05, 4.69) is 27.0 Å². The fourth-order valence-electron chi connectivity index (χ4n) is 3.95. The molecule has 1 saturated heterocycles. The summed E-state index contributed by atoms with van der Waals surface area (Å²) in [6.07, 6.45) is 0.901. The number of nitrogens with one attached hydrogen (secondary N) is 1. The Kier molecular flexibility index (Phi) is 5.75. The molecule has 3 rings (SSSR count). The third-order valence-corrected chi connectivity index (χ3v) is 5.25. The predicted octanol–water partition coefficient (Wildman–Crippen LogP) is 3.75. The summed E-state index contributed by atoms with van der Waals surface area (Å²) in [6.45, 7) is 2.42. The van der Waals surface area contributed by atoms with Crippen molar-refractivity contribution < 1.29 is 13.2 Å². The number of hydrogen-bond donors (Lipinski definition) is 1. The number of rotatable bonds is 1. The third-order valence-electron chi connectivity index (χ3n) is 5.25. The molecule has 0 amide bonds. The van der Waals surface area contributed by atoms with Crippen molar-refractivity contribution in [3.63, 3.8) is 0 Å². The van der Waals surface area contributed by atoms with Crippen LogP contribution >= 0.6 is 0 Å². The minimum atomic E-state index is -4.34. The van der Waals surface area contributed by atoms with Crippen LogP contribution in [0.5, 0.6) is 0 Å². The van der Waals surface area contributed by atoms with E-state index >= 15 is 0 Å². The average Bonchev–Trinajstić information content (AvgIpc) is 3.05. The first-order valence-electron chi connectivity index (χ1n) is 9.09. The van der Waals surface area contributed by atoms with Gasteiger partial charge < -0.3 is 10.2 Å². The fraction of sp³-hybridized carbons (Fsp3) is 0.550. The van der Waals surface area contributed by atoms with Crippen LogP contribution in [0, 0.1) is 23.7 Å². The van der Waals surface area contributed by atoms with E-state index in [-0.39, 0.29) is 0 Å². The highest BCUT2D eigenvalue weighted by molar-refractivity contribution is 5.80. The molecule has 1 aromatic rings. The van der Waals surface area contributed by atoms with Gasteiger partial charge in [0, 0.05) is 25.7 Å². The van der Waals surface area contributed by atoms with E-state index in [9.17, 15) is 13.2 Å². The first-order chi connectivity index (χ1) is 12.5. The summed E-state index contributed by atoms with van der Waals surface area (Å²) in [6, 6.07) is 5.10. The molecule has 1 saturated carbocycles. The van der Waals surface area contributed by atoms with Crippen LogP contribution < -0.4 is 5.32 Å². The lowest BCUT2D eigenvalue weighted by molar-refractivity contribution is -0.137. The predicted molar refractivity (Wildman–Crippen MR) is 96.7 cm³/mol. The number of likely N-dealkylation sites (tertiary alicyclic amines) is 1. The lowest BCUT2D eigenvalue weighted by Crippen LogP contribution is -2.40. The van der Waals surface area contributed by atoms with Gasteiger partial charge in [0.2, 0.25) is 0 Å². The number of nitrogens with zero attached hydrogens (tertiary/aromatic N) is 2. The SMILES string of the molecule is CN=C(NCC#Cc1cccc(C(F)(F)F)c1)N1CC2CCCCC2C1. The monoisotopic (exact) mass is 363 g/mol. The van der Waals surface area contributed by atoms with Crippen LogP contribution in [0.2, 0.25) is 0 Å². The highest BCUT2D eigenvalue weighted by Gasteiger charge is 2.35. The molecular weight excluding hydrogens is 339 g/mol. The van der Waals surface area contributed by atoms with Crippen molar-refractivity contribution in [1.29, 1.82) is 0 Å². The molecule has 2 aliphatic rings. The van der Waals surface area contributed by atoms with Gasteiger partial charge in [-0.1, -0.05) is 30.7 Å². The van der Waals surface area contributed by atoms with Gasteiger partial charge in [0.1, 0.15) is 0 Å². The van der Waals surface area contributed by atoms with E-state index in [0.29, 0.717) is 12.1 Å². The largest absolute Gasteiger partial charge is 0.416 e. The molecule has 1 aliphatic carbocycles. The van der Waals surface area contributed by atoms with Crippen molar-refractivity contribution in [3.8, 4) is 11.8 Å². The number of alkyl halides is 3. The van der Waals surface area contributed by atoms with E-state index in [4.69, 9.17) is 0 Å². The molecule has 2 fully saturated rings. The maximum atomic E-state index is 12.7. The first kappa shape index (κ1) is 18.6. The first-order valence-corrected chi connectivity index (χ1v) is 9.09. The lowest BCUT2D eigenvalue weighted by Gasteiger charge is -2.22. The Morgan fingerprint density at radius 3 is 2.54 bits per heavy atom. The zero-order valence-corrected chi connectivity index (χ0v) is 14.9. The second-order valence-electron chi connectivity index (χ2n) is 6.99. The highest BCUT2D eigenvalue weighted by atomic mass is 19.4. The Morgan fingerprint density at radius 1 is 1.23 bits per heavy atom. The molecule has 1 N–H and O–H groups in total. The Morgan fingerprint density at radius 2 is 1.92 bits per heavy atom. The molecule has 6 heteroatoms. The molecule has 1 aromatic carbocycles. The fourth-order valence-corrected chi connectivity index (χ4v) is 3.95. The minimum Gasteiger partial charge on any atom is -0.345 e. The van der Waals surface area contributed by atoms with Gasteiger partial charge in [-0.3, -0.25) is 4.99 Å². The summed E-state index contributed by atoms with van der Waals surface area (Å²) < 4.78 is 38.2. The maximum absolute atomic E-state index is 12.7. The summed E-state index contributed by atoms with van der Waals surface area (Å²) in [5, 5.41) is 3.22. The summed E-state index contributed by atoms with van der Waals surface area (Å²) in [7, 11) is 1.75. The summed E-state index contributed by atoms with van der Waals surface area (Å²) in [4.78, 5) is 6.62. The Hall–Kier alpha value is -2.16. The molecule has 2 unspecified atom stereocenters. The summed E-state index contributed by atoms with van der Waals surface area (Å²) >= 11 is 0. The molecule has 1 heterocycles. The lowest BCUT2D eigenvalue weighted by atomic mass is 9.82. The van der Waals surface area contributed by atoms with Crippen molar-refractivity contribution >= 4 is 5.96 Å². The van der Waals surface area contributed by atoms with E-state index < -0.39 is 11.7 Å². The van der Waals surface area contributed by atoms with Crippen LogP contribution in [0.1, 0.15) is 36.8 Å². The smallest absolute Gasteiger partial charge is 0.345 e. The Bertz CT molecular complexity index is 701. The van der Waals surface area contributed by atoms with E-state index in [1.54, 1.807) is 13.1 Å². The molecular formula is C20H24F3N3. The van der Waals surface area contributed by atoms with Gasteiger partial charge >= 0.3 is 6.18 Å². The van der Waals surface area contributed by atoms with Crippen LogP contribution in [0.15, 0.2) is 29.3 Å². The molecule has 0 radical (unpaired) electrons. The zero-order valence-electron chi connectivity index (χ0n) is 14.9. The van der Waals surface area contributed by atoms with Crippen molar-refractivity contribution in [3.05, 3.63) is 35.4 Å². The van der Waals surface area contributed by atoms with Crippen LogP contribution in [-0.4, -0.2) is 37.5 Å². The van der Waals surface area contributed by atoms with Gasteiger partial charge in [0.05, 0.1) is 12.1 Å². The number of fused-ring (bicyclic) bond motifs is 1. The van der Waals surface area contributed by atoms with Crippen molar-refractivity contribution in [2.24, 2.45) is 16.8 Å². The van der Waals surface area contributed by atoms with Crippen LogP contribution in [0.25, 0.3) is 0 Å². The molecule has 3 nitrogen and oxygen atoms in total. The van der Waals surface area contributed by atoms with Crippen molar-refractivity contribution in [2.45, 2.75) is 31.9 Å². The zero-order chi connectivity index (χ0) is 18.6. The Balaban J connectivity index is 1.55. The molecule has 0 bridgehead atoms. The standard InChI is InChI=1S/C20H24F3N3/c1-24-19(26-13-16-8-2-3-9-17(16)14-26)25-11-5-7-15-6-4-10-18(12-15)20(21,22)23/h4,6,10,12,16-17H,2-3,8-9,11,13-14H2,1H3,(H,24,25). The molecule has 140 valence electrons. The van der Waals surface area contributed by atoms with Crippen molar-refractivity contribution in [2.75, 3.05) is 26.7 Å². The molecule has 0 spiro atoms. The van der Waals surface area contributed by atoms with Gasteiger partial charge in [-0.05, 0) is 42.9 Å². The van der Waals surface area contributed by atoms with Gasteiger partial charge in [0.15, 0.2) is 5.96 Å². The summed E-state index contributed by atoms with van der Waals surface area (Å²) in [5.41, 5.74) is -0.309. The average molecular weight is 363 g/mol. The topological polar surface area (TPSA) is 27.6 Å². The number of hydrogen-bond acceptors (Lipinski definition) is 1. The number of halogens is 3. The molecule has 1 aliphatic heterocycles. The van der Waals surface area contributed by atoms with Gasteiger partial charge in [0.25, 0.3) is 0 Å². The third kappa shape index (κ3) is 4.51. The van der Waals surface area contributed by atoms with Gasteiger partial charge in [-0.15, -0.1) is 0 Å². The number of aliphatic imine (C=N–C) groups is 1. The van der Waals surface area contributed by atoms with Crippen LogP contribution in [0.3, 0.4) is 0 Å². The Labute approximate surface area is 152 Å². The van der Waals surface area contributed by atoms with Crippen LogP contribution in [-0.2, 0) is 6.18 Å². The number of benzene rings is 1. The quantitative estimate of drug-likeness (QED) is 0.467. The molecule has 0 aromatic heterocycles. The normalized spacial score (nSPS) is 23.2. The second-order valence-corrected chi connectivity index (χ2v) is 6.99. The maximum Gasteiger partial charge on any atom is 0.416 e. The van der Waals surface area contributed by atoms with Gasteiger partial charge in [-0.25, -0.2) is 0 Å². The second kappa shape index (κ2) is 8.03. The van der Waals surface area contributed by atoms with Crippen LogP contribution in [0.4, 0.5) is 13.2 Å². The van der Waals surface area contributed by atoms with E-state index in [0.717, 1.165) is 43.0 Å². The molecule has 2 atom stereocenters. The van der Waals surface area contributed by atoms with E-state index in [1.807, 2.05) is 0 Å². The highest BCUT2D eigenvalue weighted by Crippen LogP contribution is 2.35. The number of guanidine groups is 1. The van der Waals surface area contributed by atoms with E-state index in [1.165, 1.54) is 31.7 Å². The van der Waals surface area contributed by atoms with Crippen molar-refractivity contribution in [1.82, 2.24) is 10.2 Å². The summed E-state index contributed by atoms with van der Waals surface area (Å²) in [5.74, 6) is 8.04. The van der Waals surface area contributed by atoms with Gasteiger partial charge in [-0.2, -0.15) is 13.2 Å². The minimum absolute atomic E-state index is 0.356.